The van der Waals surface area contributed by atoms with Gasteiger partial charge in [0.2, 0.25) is 0 Å². The Kier molecular flexibility index (Phi) is 4.83. The van der Waals surface area contributed by atoms with Crippen molar-refractivity contribution < 1.29 is 4.74 Å². The third-order valence-corrected chi connectivity index (χ3v) is 4.55. The van der Waals surface area contributed by atoms with Crippen molar-refractivity contribution in [2.45, 2.75) is 38.8 Å². The first-order valence-electron chi connectivity index (χ1n) is 7.33. The standard InChI is InChI=1S/C16H26N2O/c1-4-16(5-2)13-17-10-11-18(16)12-14-8-6-7-9-15(14)19-3/h6-9,17H,4-5,10-13H2,1-3H3. The molecule has 0 aromatic heterocycles. The molecule has 0 bridgehead atoms. The van der Waals surface area contributed by atoms with Gasteiger partial charge in [-0.05, 0) is 18.9 Å². The zero-order valence-electron chi connectivity index (χ0n) is 12.4. The highest BCUT2D eigenvalue weighted by Gasteiger charge is 2.35. The summed E-state index contributed by atoms with van der Waals surface area (Å²) >= 11 is 0. The van der Waals surface area contributed by atoms with Gasteiger partial charge < -0.3 is 10.1 Å². The molecule has 1 aliphatic heterocycles. The molecule has 19 heavy (non-hydrogen) atoms. The van der Waals surface area contributed by atoms with Crippen molar-refractivity contribution in [3.63, 3.8) is 0 Å². The van der Waals surface area contributed by atoms with Crippen molar-refractivity contribution in [1.29, 1.82) is 0 Å². The van der Waals surface area contributed by atoms with Crippen molar-refractivity contribution in [3.8, 4) is 5.75 Å². The number of para-hydroxylation sites is 1. The largest absolute Gasteiger partial charge is 0.496 e. The molecule has 0 amide bonds. The van der Waals surface area contributed by atoms with Crippen LogP contribution in [0.4, 0.5) is 0 Å². The van der Waals surface area contributed by atoms with Gasteiger partial charge in [0.15, 0.2) is 0 Å². The molecular weight excluding hydrogens is 236 g/mol. The van der Waals surface area contributed by atoms with E-state index in [1.54, 1.807) is 7.11 Å². The molecule has 1 aliphatic rings. The fourth-order valence-electron chi connectivity index (χ4n) is 3.12. The molecule has 3 heteroatoms. The van der Waals surface area contributed by atoms with Gasteiger partial charge in [-0.1, -0.05) is 32.0 Å². The Morgan fingerprint density at radius 3 is 2.68 bits per heavy atom. The van der Waals surface area contributed by atoms with E-state index in [0.29, 0.717) is 5.54 Å². The number of piperazine rings is 1. The summed E-state index contributed by atoms with van der Waals surface area (Å²) in [4.78, 5) is 2.63. The topological polar surface area (TPSA) is 24.5 Å². The summed E-state index contributed by atoms with van der Waals surface area (Å²) in [6.07, 6.45) is 2.37. The lowest BCUT2D eigenvalue weighted by molar-refractivity contribution is 0.0441. The molecule has 3 nitrogen and oxygen atoms in total. The molecule has 0 unspecified atom stereocenters. The van der Waals surface area contributed by atoms with E-state index in [-0.39, 0.29) is 0 Å². The Labute approximate surface area is 116 Å². The maximum Gasteiger partial charge on any atom is 0.123 e. The average molecular weight is 262 g/mol. The van der Waals surface area contributed by atoms with E-state index in [2.05, 4.69) is 42.3 Å². The van der Waals surface area contributed by atoms with Gasteiger partial charge in [0.25, 0.3) is 0 Å². The second kappa shape index (κ2) is 6.40. The van der Waals surface area contributed by atoms with Gasteiger partial charge in [-0.15, -0.1) is 0 Å². The second-order valence-electron chi connectivity index (χ2n) is 5.34. The Hall–Kier alpha value is -1.06. The SMILES string of the molecule is CCC1(CC)CNCCN1Cc1ccccc1OC. The van der Waals surface area contributed by atoms with Crippen LogP contribution >= 0.6 is 0 Å². The molecule has 1 heterocycles. The van der Waals surface area contributed by atoms with Crippen molar-refractivity contribution in [1.82, 2.24) is 10.2 Å². The Bertz CT molecular complexity index is 401. The van der Waals surface area contributed by atoms with Crippen LogP contribution in [0.3, 0.4) is 0 Å². The zero-order valence-corrected chi connectivity index (χ0v) is 12.4. The molecule has 2 rings (SSSR count). The molecule has 1 aromatic carbocycles. The number of nitrogens with one attached hydrogen (secondary N) is 1. The van der Waals surface area contributed by atoms with Crippen molar-refractivity contribution in [2.24, 2.45) is 0 Å². The van der Waals surface area contributed by atoms with Crippen LogP contribution < -0.4 is 10.1 Å². The van der Waals surface area contributed by atoms with Crippen LogP contribution in [-0.2, 0) is 6.54 Å². The summed E-state index contributed by atoms with van der Waals surface area (Å²) in [5.41, 5.74) is 1.58. The molecular formula is C16H26N2O. The maximum atomic E-state index is 5.48. The number of nitrogens with zero attached hydrogens (tertiary/aromatic N) is 1. The summed E-state index contributed by atoms with van der Waals surface area (Å²) in [6.45, 7) is 8.86. The first-order chi connectivity index (χ1) is 9.25. The lowest BCUT2D eigenvalue weighted by Crippen LogP contribution is -2.60. The summed E-state index contributed by atoms with van der Waals surface area (Å²) in [7, 11) is 1.75. The lowest BCUT2D eigenvalue weighted by Gasteiger charge is -2.47. The molecule has 1 fully saturated rings. The molecule has 0 saturated carbocycles. The van der Waals surface area contributed by atoms with Gasteiger partial charge >= 0.3 is 0 Å². The highest BCUT2D eigenvalue weighted by molar-refractivity contribution is 5.33. The fraction of sp³-hybridized carbons (Fsp3) is 0.625. The number of ether oxygens (including phenoxy) is 1. The van der Waals surface area contributed by atoms with Gasteiger partial charge in [0.05, 0.1) is 7.11 Å². The molecule has 1 N–H and O–H groups in total. The zero-order chi connectivity index (χ0) is 13.7. The van der Waals surface area contributed by atoms with Gasteiger partial charge in [-0.2, -0.15) is 0 Å². The first-order valence-corrected chi connectivity index (χ1v) is 7.33. The molecule has 0 atom stereocenters. The Balaban J connectivity index is 2.20. The number of rotatable bonds is 5. The van der Waals surface area contributed by atoms with Gasteiger partial charge in [-0.3, -0.25) is 4.90 Å². The number of methoxy groups -OCH3 is 1. The van der Waals surface area contributed by atoms with Crippen LogP contribution in [0.5, 0.6) is 5.75 Å². The molecule has 106 valence electrons. The van der Waals surface area contributed by atoms with E-state index in [9.17, 15) is 0 Å². The van der Waals surface area contributed by atoms with Crippen LogP contribution in [0.1, 0.15) is 32.3 Å². The molecule has 1 aromatic rings. The van der Waals surface area contributed by atoms with Crippen LogP contribution in [0.2, 0.25) is 0 Å². The average Bonchev–Trinajstić information content (AvgIpc) is 2.48. The molecule has 0 radical (unpaired) electrons. The number of hydrogen-bond acceptors (Lipinski definition) is 3. The molecule has 0 spiro atoms. The van der Waals surface area contributed by atoms with Crippen LogP contribution in [0.25, 0.3) is 0 Å². The van der Waals surface area contributed by atoms with E-state index in [1.807, 2.05) is 6.07 Å². The van der Waals surface area contributed by atoms with Crippen molar-refractivity contribution in [3.05, 3.63) is 29.8 Å². The Morgan fingerprint density at radius 2 is 2.00 bits per heavy atom. The highest BCUT2D eigenvalue weighted by Crippen LogP contribution is 2.29. The first kappa shape index (κ1) is 14.4. The summed E-state index contributed by atoms with van der Waals surface area (Å²) < 4.78 is 5.48. The van der Waals surface area contributed by atoms with E-state index in [1.165, 1.54) is 18.4 Å². The fourth-order valence-corrected chi connectivity index (χ4v) is 3.12. The minimum absolute atomic E-state index is 0.291. The minimum atomic E-state index is 0.291. The van der Waals surface area contributed by atoms with Crippen molar-refractivity contribution in [2.75, 3.05) is 26.7 Å². The normalized spacial score (nSPS) is 19.3. The van der Waals surface area contributed by atoms with E-state index >= 15 is 0 Å². The smallest absolute Gasteiger partial charge is 0.123 e. The van der Waals surface area contributed by atoms with E-state index in [4.69, 9.17) is 4.74 Å². The lowest BCUT2D eigenvalue weighted by atomic mass is 9.88. The summed E-state index contributed by atoms with van der Waals surface area (Å²) in [5.74, 6) is 1.00. The van der Waals surface area contributed by atoms with Crippen molar-refractivity contribution >= 4 is 0 Å². The highest BCUT2D eigenvalue weighted by atomic mass is 16.5. The summed E-state index contributed by atoms with van der Waals surface area (Å²) in [6, 6.07) is 8.36. The van der Waals surface area contributed by atoms with E-state index < -0.39 is 0 Å². The van der Waals surface area contributed by atoms with Gasteiger partial charge in [-0.25, -0.2) is 0 Å². The third-order valence-electron chi connectivity index (χ3n) is 4.55. The van der Waals surface area contributed by atoms with Crippen LogP contribution in [0, 0.1) is 0 Å². The van der Waals surface area contributed by atoms with Crippen LogP contribution in [0.15, 0.2) is 24.3 Å². The van der Waals surface area contributed by atoms with E-state index in [0.717, 1.165) is 31.9 Å². The predicted molar refractivity (Wildman–Crippen MR) is 79.6 cm³/mol. The maximum absolute atomic E-state index is 5.48. The second-order valence-corrected chi connectivity index (χ2v) is 5.34. The monoisotopic (exact) mass is 262 g/mol. The third kappa shape index (κ3) is 2.93. The Morgan fingerprint density at radius 1 is 1.26 bits per heavy atom. The number of benzene rings is 1. The van der Waals surface area contributed by atoms with Gasteiger partial charge in [0.1, 0.15) is 5.75 Å². The predicted octanol–water partition coefficient (Wildman–Crippen LogP) is 2.66. The van der Waals surface area contributed by atoms with Gasteiger partial charge in [0, 0.05) is 37.3 Å². The number of hydrogen-bond donors (Lipinski definition) is 1. The molecule has 1 saturated heterocycles. The molecule has 0 aliphatic carbocycles. The quantitative estimate of drug-likeness (QED) is 0.883. The summed E-state index contributed by atoms with van der Waals surface area (Å²) in [5, 5.41) is 3.55. The van der Waals surface area contributed by atoms with Crippen LogP contribution in [-0.4, -0.2) is 37.2 Å². The minimum Gasteiger partial charge on any atom is -0.496 e.